The second-order valence-corrected chi connectivity index (χ2v) is 6.32. The summed E-state index contributed by atoms with van der Waals surface area (Å²) >= 11 is 0. The maximum atomic E-state index is 11.5. The summed E-state index contributed by atoms with van der Waals surface area (Å²) in [7, 11) is 0. The van der Waals surface area contributed by atoms with Crippen LogP contribution in [0.25, 0.3) is 0 Å². The zero-order valence-electron chi connectivity index (χ0n) is 11.5. The van der Waals surface area contributed by atoms with Crippen LogP contribution in [0.15, 0.2) is 12.2 Å². The number of carbonyl (C=O) groups excluding carboxylic acids is 1. The van der Waals surface area contributed by atoms with E-state index in [-0.39, 0.29) is 12.1 Å². The second-order valence-electron chi connectivity index (χ2n) is 6.32. The van der Waals surface area contributed by atoms with Crippen LogP contribution in [0, 0.1) is 0 Å². The molecule has 0 spiro atoms. The van der Waals surface area contributed by atoms with Gasteiger partial charge in [0.2, 0.25) is 0 Å². The molecular weight excluding hydrogens is 228 g/mol. The first-order valence-corrected chi connectivity index (χ1v) is 6.83. The van der Waals surface area contributed by atoms with E-state index in [1.807, 2.05) is 20.8 Å². The summed E-state index contributed by atoms with van der Waals surface area (Å²) in [5, 5.41) is 6.52. The molecule has 2 aliphatic carbocycles. The van der Waals surface area contributed by atoms with Gasteiger partial charge in [0, 0.05) is 18.1 Å². The SMILES string of the molecule is CC(C)(C)OC(=O)NC1CC(NC2CC=CC2)C1. The van der Waals surface area contributed by atoms with Crippen molar-refractivity contribution in [1.82, 2.24) is 10.6 Å². The van der Waals surface area contributed by atoms with Gasteiger partial charge in [0.15, 0.2) is 0 Å². The molecule has 0 aromatic heterocycles. The molecule has 0 radical (unpaired) electrons. The summed E-state index contributed by atoms with van der Waals surface area (Å²) < 4.78 is 5.23. The summed E-state index contributed by atoms with van der Waals surface area (Å²) in [6.45, 7) is 5.64. The average molecular weight is 252 g/mol. The number of hydrogen-bond donors (Lipinski definition) is 2. The van der Waals surface area contributed by atoms with Crippen LogP contribution in [0.5, 0.6) is 0 Å². The lowest BCUT2D eigenvalue weighted by molar-refractivity contribution is 0.0463. The van der Waals surface area contributed by atoms with Crippen molar-refractivity contribution < 1.29 is 9.53 Å². The fourth-order valence-corrected chi connectivity index (χ4v) is 2.43. The van der Waals surface area contributed by atoms with E-state index in [1.165, 1.54) is 0 Å². The molecule has 2 aliphatic rings. The van der Waals surface area contributed by atoms with Gasteiger partial charge in [-0.2, -0.15) is 0 Å². The van der Waals surface area contributed by atoms with E-state index in [0.29, 0.717) is 12.1 Å². The number of carbonyl (C=O) groups is 1. The van der Waals surface area contributed by atoms with Gasteiger partial charge in [0.1, 0.15) is 5.60 Å². The van der Waals surface area contributed by atoms with Crippen LogP contribution in [0.2, 0.25) is 0 Å². The van der Waals surface area contributed by atoms with Gasteiger partial charge >= 0.3 is 6.09 Å². The monoisotopic (exact) mass is 252 g/mol. The van der Waals surface area contributed by atoms with Crippen molar-refractivity contribution in [3.05, 3.63) is 12.2 Å². The predicted molar refractivity (Wildman–Crippen MR) is 71.5 cm³/mol. The van der Waals surface area contributed by atoms with Gasteiger partial charge < -0.3 is 15.4 Å². The van der Waals surface area contributed by atoms with E-state index in [2.05, 4.69) is 22.8 Å². The standard InChI is InChI=1S/C14H24N2O2/c1-14(2,3)18-13(17)16-12-8-11(9-12)15-10-6-4-5-7-10/h4-5,10-12,15H,6-9H2,1-3H3,(H,16,17). The number of hydrogen-bond acceptors (Lipinski definition) is 3. The molecule has 4 nitrogen and oxygen atoms in total. The van der Waals surface area contributed by atoms with E-state index in [1.54, 1.807) is 0 Å². The van der Waals surface area contributed by atoms with Gasteiger partial charge in [-0.3, -0.25) is 0 Å². The highest BCUT2D eigenvalue weighted by molar-refractivity contribution is 5.68. The summed E-state index contributed by atoms with van der Waals surface area (Å²) in [4.78, 5) is 11.5. The predicted octanol–water partition coefficient (Wildman–Crippen LogP) is 2.35. The third-order valence-electron chi connectivity index (χ3n) is 3.34. The number of ether oxygens (including phenoxy) is 1. The molecule has 0 atom stereocenters. The third kappa shape index (κ3) is 4.02. The van der Waals surface area contributed by atoms with Crippen molar-refractivity contribution >= 4 is 6.09 Å². The Morgan fingerprint density at radius 3 is 2.28 bits per heavy atom. The highest BCUT2D eigenvalue weighted by Gasteiger charge is 2.32. The van der Waals surface area contributed by atoms with E-state index >= 15 is 0 Å². The first-order chi connectivity index (χ1) is 8.42. The molecule has 1 amide bonds. The molecule has 0 heterocycles. The van der Waals surface area contributed by atoms with Gasteiger partial charge in [-0.1, -0.05) is 12.2 Å². The molecule has 2 rings (SSSR count). The lowest BCUT2D eigenvalue weighted by atomic mass is 9.86. The molecule has 0 unspecified atom stereocenters. The minimum absolute atomic E-state index is 0.270. The minimum atomic E-state index is -0.416. The Balaban J connectivity index is 1.59. The zero-order chi connectivity index (χ0) is 13.2. The third-order valence-corrected chi connectivity index (χ3v) is 3.34. The Bertz CT molecular complexity index is 319. The molecular formula is C14H24N2O2. The van der Waals surface area contributed by atoms with Crippen molar-refractivity contribution in [2.75, 3.05) is 0 Å². The largest absolute Gasteiger partial charge is 0.444 e. The van der Waals surface area contributed by atoms with E-state index in [9.17, 15) is 4.79 Å². The Morgan fingerprint density at radius 1 is 1.11 bits per heavy atom. The normalized spacial score (nSPS) is 27.9. The second kappa shape index (κ2) is 5.31. The van der Waals surface area contributed by atoms with Crippen LogP contribution in [-0.4, -0.2) is 29.8 Å². The topological polar surface area (TPSA) is 50.4 Å². The Kier molecular flexibility index (Phi) is 3.95. The van der Waals surface area contributed by atoms with Crippen molar-refractivity contribution in [3.63, 3.8) is 0 Å². The van der Waals surface area contributed by atoms with Crippen LogP contribution in [0.3, 0.4) is 0 Å². The number of rotatable bonds is 3. The van der Waals surface area contributed by atoms with E-state index in [4.69, 9.17) is 4.74 Å². The fraction of sp³-hybridized carbons (Fsp3) is 0.786. The van der Waals surface area contributed by atoms with Crippen molar-refractivity contribution in [1.29, 1.82) is 0 Å². The Hall–Kier alpha value is -1.03. The average Bonchev–Trinajstić information content (AvgIpc) is 2.63. The molecule has 0 aromatic carbocycles. The zero-order valence-corrected chi connectivity index (χ0v) is 11.5. The Morgan fingerprint density at radius 2 is 1.72 bits per heavy atom. The quantitative estimate of drug-likeness (QED) is 0.758. The smallest absolute Gasteiger partial charge is 0.407 e. The highest BCUT2D eigenvalue weighted by Crippen LogP contribution is 2.23. The lowest BCUT2D eigenvalue weighted by Crippen LogP contribution is -2.54. The first kappa shape index (κ1) is 13.4. The van der Waals surface area contributed by atoms with E-state index in [0.717, 1.165) is 25.7 Å². The van der Waals surface area contributed by atoms with E-state index < -0.39 is 5.60 Å². The van der Waals surface area contributed by atoms with Crippen LogP contribution in [0.1, 0.15) is 46.5 Å². The molecule has 1 fully saturated rings. The molecule has 2 N–H and O–H groups in total. The highest BCUT2D eigenvalue weighted by atomic mass is 16.6. The number of amides is 1. The molecule has 18 heavy (non-hydrogen) atoms. The van der Waals surface area contributed by atoms with Gasteiger partial charge in [-0.25, -0.2) is 4.79 Å². The van der Waals surface area contributed by atoms with Gasteiger partial charge in [-0.05, 0) is 46.5 Å². The lowest BCUT2D eigenvalue weighted by Gasteiger charge is -2.38. The molecule has 102 valence electrons. The van der Waals surface area contributed by atoms with Gasteiger partial charge in [0.05, 0.1) is 0 Å². The molecule has 0 aliphatic heterocycles. The fourth-order valence-electron chi connectivity index (χ4n) is 2.43. The maximum Gasteiger partial charge on any atom is 0.407 e. The van der Waals surface area contributed by atoms with Crippen molar-refractivity contribution in [2.45, 2.75) is 70.2 Å². The Labute approximate surface area is 109 Å². The number of alkyl carbamates (subject to hydrolysis) is 1. The summed E-state index contributed by atoms with van der Waals surface area (Å²) in [5.41, 5.74) is -0.416. The molecule has 1 saturated carbocycles. The van der Waals surface area contributed by atoms with Crippen LogP contribution < -0.4 is 10.6 Å². The first-order valence-electron chi connectivity index (χ1n) is 6.83. The van der Waals surface area contributed by atoms with Crippen molar-refractivity contribution in [2.24, 2.45) is 0 Å². The molecule has 0 bridgehead atoms. The van der Waals surface area contributed by atoms with Crippen LogP contribution >= 0.6 is 0 Å². The van der Waals surface area contributed by atoms with Crippen molar-refractivity contribution in [3.8, 4) is 0 Å². The van der Waals surface area contributed by atoms with Gasteiger partial charge in [-0.15, -0.1) is 0 Å². The van der Waals surface area contributed by atoms with Crippen LogP contribution in [0.4, 0.5) is 4.79 Å². The molecule has 0 aromatic rings. The summed E-state index contributed by atoms with van der Waals surface area (Å²) in [6.07, 6.45) is 8.46. The maximum absolute atomic E-state index is 11.5. The molecule has 0 saturated heterocycles. The minimum Gasteiger partial charge on any atom is -0.444 e. The summed E-state index contributed by atoms with van der Waals surface area (Å²) in [6, 6.07) is 1.43. The summed E-state index contributed by atoms with van der Waals surface area (Å²) in [5.74, 6) is 0. The number of nitrogens with one attached hydrogen (secondary N) is 2. The van der Waals surface area contributed by atoms with Gasteiger partial charge in [0.25, 0.3) is 0 Å². The molecule has 4 heteroatoms. The van der Waals surface area contributed by atoms with Crippen LogP contribution in [-0.2, 0) is 4.74 Å².